The minimum Gasteiger partial charge on any atom is -0.496 e. The number of benzene rings is 2. The summed E-state index contributed by atoms with van der Waals surface area (Å²) in [6, 6.07) is 15.9. The normalized spacial score (nSPS) is 12.1. The lowest BCUT2D eigenvalue weighted by Crippen LogP contribution is -2.39. The second-order valence-corrected chi connectivity index (χ2v) is 6.42. The molecular weight excluding hydrogens is 509 g/mol. The maximum atomic E-state index is 9.64. The summed E-state index contributed by atoms with van der Waals surface area (Å²) >= 11 is 3.49. The van der Waals surface area contributed by atoms with Crippen molar-refractivity contribution in [2.45, 2.75) is 12.5 Å². The third-order valence-corrected chi connectivity index (χ3v) is 4.53. The molecule has 0 amide bonds. The molecule has 0 aliphatic carbocycles. The molecule has 3 N–H and O–H groups in total. The van der Waals surface area contributed by atoms with Crippen LogP contribution < -0.4 is 15.4 Å². The second-order valence-electron chi connectivity index (χ2n) is 5.57. The SMILES string of the molecule is CN=C(NCc1ccc(OC)c(Br)c1)NCC(CO)c1ccccc1.I. The van der Waals surface area contributed by atoms with Crippen LogP contribution in [-0.4, -0.2) is 38.4 Å². The van der Waals surface area contributed by atoms with Crippen molar-refractivity contribution in [3.05, 3.63) is 64.1 Å². The van der Waals surface area contributed by atoms with Crippen LogP contribution in [-0.2, 0) is 6.54 Å². The van der Waals surface area contributed by atoms with E-state index in [0.29, 0.717) is 19.0 Å². The summed E-state index contributed by atoms with van der Waals surface area (Å²) in [7, 11) is 3.38. The van der Waals surface area contributed by atoms with Crippen molar-refractivity contribution >= 4 is 45.9 Å². The van der Waals surface area contributed by atoms with E-state index in [9.17, 15) is 5.11 Å². The molecule has 0 aliphatic rings. The van der Waals surface area contributed by atoms with Crippen molar-refractivity contribution in [3.63, 3.8) is 0 Å². The van der Waals surface area contributed by atoms with Crippen LogP contribution >= 0.6 is 39.9 Å². The average molecular weight is 534 g/mol. The van der Waals surface area contributed by atoms with Crippen molar-refractivity contribution in [2.75, 3.05) is 27.3 Å². The van der Waals surface area contributed by atoms with Crippen molar-refractivity contribution < 1.29 is 9.84 Å². The van der Waals surface area contributed by atoms with Gasteiger partial charge in [0.2, 0.25) is 0 Å². The fourth-order valence-corrected chi connectivity index (χ4v) is 3.05. The number of guanidine groups is 1. The third-order valence-electron chi connectivity index (χ3n) is 3.91. The number of aliphatic hydroxyl groups is 1. The zero-order chi connectivity index (χ0) is 18.1. The molecular formula is C19H25BrIN3O2. The molecule has 0 saturated carbocycles. The maximum Gasteiger partial charge on any atom is 0.191 e. The van der Waals surface area contributed by atoms with Crippen LogP contribution in [0.4, 0.5) is 0 Å². The molecule has 0 aliphatic heterocycles. The van der Waals surface area contributed by atoms with Crippen molar-refractivity contribution in [2.24, 2.45) is 4.99 Å². The van der Waals surface area contributed by atoms with Crippen molar-refractivity contribution in [1.82, 2.24) is 10.6 Å². The largest absolute Gasteiger partial charge is 0.496 e. The maximum absolute atomic E-state index is 9.64. The zero-order valence-corrected chi connectivity index (χ0v) is 18.8. The Labute approximate surface area is 180 Å². The summed E-state index contributed by atoms with van der Waals surface area (Å²) in [5.74, 6) is 1.52. The fourth-order valence-electron chi connectivity index (χ4n) is 2.46. The Morgan fingerprint density at radius 2 is 1.92 bits per heavy atom. The molecule has 0 radical (unpaired) electrons. The first-order valence-electron chi connectivity index (χ1n) is 8.10. The van der Waals surface area contributed by atoms with Gasteiger partial charge in [-0.1, -0.05) is 36.4 Å². The van der Waals surface area contributed by atoms with Gasteiger partial charge in [-0.2, -0.15) is 0 Å². The van der Waals surface area contributed by atoms with E-state index in [1.807, 2.05) is 48.5 Å². The van der Waals surface area contributed by atoms with Crippen LogP contribution in [0.25, 0.3) is 0 Å². The van der Waals surface area contributed by atoms with Crippen LogP contribution in [0.3, 0.4) is 0 Å². The molecule has 2 aromatic rings. The molecule has 7 heteroatoms. The van der Waals surface area contributed by atoms with Gasteiger partial charge < -0.3 is 20.5 Å². The minimum absolute atomic E-state index is 0. The van der Waals surface area contributed by atoms with E-state index >= 15 is 0 Å². The molecule has 0 bridgehead atoms. The summed E-state index contributed by atoms with van der Waals surface area (Å²) < 4.78 is 6.16. The smallest absolute Gasteiger partial charge is 0.191 e. The number of aliphatic imine (C=N–C) groups is 1. The number of methoxy groups -OCH3 is 1. The number of rotatable bonds is 7. The summed E-state index contributed by atoms with van der Waals surface area (Å²) in [5.41, 5.74) is 2.21. The predicted molar refractivity (Wildman–Crippen MR) is 121 cm³/mol. The Morgan fingerprint density at radius 1 is 1.19 bits per heavy atom. The molecule has 0 saturated heterocycles. The van der Waals surface area contributed by atoms with E-state index in [0.717, 1.165) is 21.3 Å². The molecule has 2 rings (SSSR count). The first-order chi connectivity index (χ1) is 12.2. The Balaban J connectivity index is 0.00000338. The van der Waals surface area contributed by atoms with Gasteiger partial charge in [-0.3, -0.25) is 4.99 Å². The number of halogens is 2. The molecule has 0 heterocycles. The van der Waals surface area contributed by atoms with E-state index in [-0.39, 0.29) is 36.5 Å². The van der Waals surface area contributed by atoms with E-state index in [1.54, 1.807) is 14.2 Å². The average Bonchev–Trinajstić information content (AvgIpc) is 2.65. The lowest BCUT2D eigenvalue weighted by atomic mass is 10.0. The first kappa shape index (κ1) is 22.7. The monoisotopic (exact) mass is 533 g/mol. The lowest BCUT2D eigenvalue weighted by molar-refractivity contribution is 0.265. The van der Waals surface area contributed by atoms with E-state index in [2.05, 4.69) is 31.6 Å². The molecule has 0 spiro atoms. The molecule has 0 aromatic heterocycles. The van der Waals surface area contributed by atoms with Crippen LogP contribution in [0, 0.1) is 0 Å². The summed E-state index contributed by atoms with van der Waals surface area (Å²) in [6.45, 7) is 1.32. The van der Waals surface area contributed by atoms with Gasteiger partial charge in [0.05, 0.1) is 18.2 Å². The first-order valence-corrected chi connectivity index (χ1v) is 8.90. The van der Waals surface area contributed by atoms with Crippen LogP contribution in [0.2, 0.25) is 0 Å². The molecule has 0 fully saturated rings. The second kappa shape index (κ2) is 12.1. The molecule has 142 valence electrons. The molecule has 1 unspecified atom stereocenters. The van der Waals surface area contributed by atoms with Gasteiger partial charge in [0.15, 0.2) is 5.96 Å². The van der Waals surface area contributed by atoms with Crippen molar-refractivity contribution in [1.29, 1.82) is 0 Å². The molecule has 5 nitrogen and oxygen atoms in total. The molecule has 26 heavy (non-hydrogen) atoms. The van der Waals surface area contributed by atoms with Gasteiger partial charge in [-0.15, -0.1) is 24.0 Å². The van der Waals surface area contributed by atoms with E-state index < -0.39 is 0 Å². The Morgan fingerprint density at radius 3 is 2.50 bits per heavy atom. The quantitative estimate of drug-likeness (QED) is 0.289. The Kier molecular flexibility index (Phi) is 10.6. The number of nitrogens with zero attached hydrogens (tertiary/aromatic N) is 1. The Hall–Kier alpha value is -1.32. The summed E-state index contributed by atoms with van der Waals surface area (Å²) in [4.78, 5) is 4.24. The van der Waals surface area contributed by atoms with Gasteiger partial charge in [-0.25, -0.2) is 0 Å². The third kappa shape index (κ3) is 6.77. The number of hydrogen-bond acceptors (Lipinski definition) is 3. The van der Waals surface area contributed by atoms with Gasteiger partial charge in [-0.05, 0) is 39.2 Å². The standard InChI is InChI=1S/C19H24BrN3O2.HI/c1-21-19(22-11-14-8-9-18(25-2)17(20)10-14)23-12-16(13-24)15-6-4-3-5-7-15;/h3-10,16,24H,11-13H2,1-2H3,(H2,21,22,23);1H. The van der Waals surface area contributed by atoms with Crippen LogP contribution in [0.15, 0.2) is 58.0 Å². The highest BCUT2D eigenvalue weighted by Crippen LogP contribution is 2.25. The minimum atomic E-state index is 0. The van der Waals surface area contributed by atoms with Crippen LogP contribution in [0.5, 0.6) is 5.75 Å². The number of aliphatic hydroxyl groups excluding tert-OH is 1. The van der Waals surface area contributed by atoms with Crippen LogP contribution in [0.1, 0.15) is 17.0 Å². The zero-order valence-electron chi connectivity index (χ0n) is 14.9. The molecule has 1 atom stereocenters. The van der Waals surface area contributed by atoms with Gasteiger partial charge in [0.25, 0.3) is 0 Å². The van der Waals surface area contributed by atoms with Crippen molar-refractivity contribution in [3.8, 4) is 5.75 Å². The highest BCUT2D eigenvalue weighted by atomic mass is 127. The number of hydrogen-bond donors (Lipinski definition) is 3. The van der Waals surface area contributed by atoms with Gasteiger partial charge in [0.1, 0.15) is 5.75 Å². The highest BCUT2D eigenvalue weighted by molar-refractivity contribution is 14.0. The highest BCUT2D eigenvalue weighted by Gasteiger charge is 2.11. The van der Waals surface area contributed by atoms with E-state index in [4.69, 9.17) is 4.74 Å². The summed E-state index contributed by atoms with van der Waals surface area (Å²) in [6.07, 6.45) is 0. The topological polar surface area (TPSA) is 65.9 Å². The van der Waals surface area contributed by atoms with Gasteiger partial charge >= 0.3 is 0 Å². The fraction of sp³-hybridized carbons (Fsp3) is 0.316. The predicted octanol–water partition coefficient (Wildman–Crippen LogP) is 3.52. The van der Waals surface area contributed by atoms with E-state index in [1.165, 1.54) is 0 Å². The molecule has 2 aromatic carbocycles. The van der Waals surface area contributed by atoms with Gasteiger partial charge in [0, 0.05) is 26.1 Å². The number of ether oxygens (including phenoxy) is 1. The lowest BCUT2D eigenvalue weighted by Gasteiger charge is -2.18. The number of nitrogens with one attached hydrogen (secondary N) is 2. The summed E-state index contributed by atoms with van der Waals surface area (Å²) in [5, 5.41) is 16.2. The Bertz CT molecular complexity index is 698.